The SMILES string of the molecule is CCN1C=C(C(=O)N2CCOCC2)C(c2ccccc2)N(C)S1(O)O. The Morgan fingerprint density at radius 3 is 2.48 bits per heavy atom. The standard InChI is InChI=1S/C17H25N3O4S/c1-3-20-13-15(17(21)19-9-11-24-12-10-19)16(18(2)25(20,22)23)14-7-5-4-6-8-14/h4-8,13,16,22-23H,3,9-12H2,1-2H3. The van der Waals surface area contributed by atoms with Gasteiger partial charge < -0.3 is 9.64 Å². The molecule has 25 heavy (non-hydrogen) atoms. The van der Waals surface area contributed by atoms with Gasteiger partial charge in [-0.15, -0.1) is 0 Å². The minimum atomic E-state index is -3.15. The van der Waals surface area contributed by atoms with Gasteiger partial charge in [0.05, 0.1) is 24.8 Å². The van der Waals surface area contributed by atoms with E-state index in [0.29, 0.717) is 38.4 Å². The summed E-state index contributed by atoms with van der Waals surface area (Å²) in [6.07, 6.45) is 1.62. The van der Waals surface area contributed by atoms with E-state index >= 15 is 0 Å². The number of carbonyl (C=O) groups excluding carboxylic acids is 1. The van der Waals surface area contributed by atoms with Crippen LogP contribution in [0, 0.1) is 0 Å². The number of ether oxygens (including phenoxy) is 1. The number of hydrogen-bond acceptors (Lipinski definition) is 6. The van der Waals surface area contributed by atoms with Crippen LogP contribution in [0.1, 0.15) is 18.5 Å². The molecule has 8 heteroatoms. The van der Waals surface area contributed by atoms with E-state index in [1.807, 2.05) is 37.3 Å². The molecule has 0 saturated carbocycles. The molecule has 7 nitrogen and oxygen atoms in total. The number of likely N-dealkylation sites (N-methyl/N-ethyl adjacent to an activating group) is 1. The zero-order valence-electron chi connectivity index (χ0n) is 14.5. The second kappa shape index (κ2) is 7.35. The van der Waals surface area contributed by atoms with Crippen molar-refractivity contribution in [2.45, 2.75) is 13.0 Å². The molecule has 2 N–H and O–H groups in total. The molecule has 1 amide bonds. The molecule has 0 spiro atoms. The van der Waals surface area contributed by atoms with Crippen molar-refractivity contribution in [1.82, 2.24) is 13.5 Å². The Bertz CT molecular complexity index is 647. The molecule has 1 fully saturated rings. The summed E-state index contributed by atoms with van der Waals surface area (Å²) in [5, 5.41) is 0. The molecule has 2 aliphatic rings. The maximum Gasteiger partial charge on any atom is 0.253 e. The molecule has 0 radical (unpaired) electrons. The van der Waals surface area contributed by atoms with Crippen LogP contribution in [-0.2, 0) is 9.53 Å². The Morgan fingerprint density at radius 1 is 1.24 bits per heavy atom. The molecule has 2 heterocycles. The number of amides is 1. The van der Waals surface area contributed by atoms with Gasteiger partial charge in [0.1, 0.15) is 0 Å². The lowest BCUT2D eigenvalue weighted by atomic mass is 9.98. The van der Waals surface area contributed by atoms with Crippen LogP contribution in [0.25, 0.3) is 0 Å². The van der Waals surface area contributed by atoms with Crippen molar-refractivity contribution in [3.8, 4) is 0 Å². The van der Waals surface area contributed by atoms with E-state index in [4.69, 9.17) is 4.74 Å². The van der Waals surface area contributed by atoms with Crippen molar-refractivity contribution in [2.75, 3.05) is 39.9 Å². The third-order valence-corrected chi connectivity index (χ3v) is 6.59. The Hall–Kier alpha value is -1.58. The molecule has 1 atom stereocenters. The van der Waals surface area contributed by atoms with Crippen LogP contribution in [0.5, 0.6) is 0 Å². The lowest BCUT2D eigenvalue weighted by Gasteiger charge is -2.54. The normalized spacial score (nSPS) is 25.4. The molecule has 138 valence electrons. The van der Waals surface area contributed by atoms with Crippen LogP contribution in [0.3, 0.4) is 0 Å². The minimum absolute atomic E-state index is 0.0858. The molecular weight excluding hydrogens is 342 g/mol. The van der Waals surface area contributed by atoms with E-state index in [9.17, 15) is 13.9 Å². The van der Waals surface area contributed by atoms with E-state index in [1.165, 1.54) is 8.61 Å². The van der Waals surface area contributed by atoms with Gasteiger partial charge in [0, 0.05) is 32.9 Å². The van der Waals surface area contributed by atoms with Gasteiger partial charge in [0.15, 0.2) is 0 Å². The highest BCUT2D eigenvalue weighted by atomic mass is 32.3. The fraction of sp³-hybridized carbons (Fsp3) is 0.471. The van der Waals surface area contributed by atoms with E-state index in [2.05, 4.69) is 0 Å². The number of morpholine rings is 1. The lowest BCUT2D eigenvalue weighted by Crippen LogP contribution is -2.48. The number of hydrogen-bond donors (Lipinski definition) is 2. The van der Waals surface area contributed by atoms with Gasteiger partial charge in [-0.3, -0.25) is 18.2 Å². The Morgan fingerprint density at radius 2 is 1.88 bits per heavy atom. The number of rotatable bonds is 3. The first kappa shape index (κ1) is 18.2. The van der Waals surface area contributed by atoms with Gasteiger partial charge in [-0.2, -0.15) is 4.31 Å². The summed E-state index contributed by atoms with van der Waals surface area (Å²) in [4.78, 5) is 14.9. The number of nitrogens with zero attached hydrogens (tertiary/aromatic N) is 3. The third kappa shape index (κ3) is 3.40. The summed E-state index contributed by atoms with van der Waals surface area (Å²) < 4.78 is 29.6. The third-order valence-electron chi connectivity index (χ3n) is 4.61. The zero-order chi connectivity index (χ0) is 18.0. The molecule has 0 aliphatic carbocycles. The quantitative estimate of drug-likeness (QED) is 0.854. The summed E-state index contributed by atoms with van der Waals surface area (Å²) in [7, 11) is -1.50. The molecule has 1 saturated heterocycles. The van der Waals surface area contributed by atoms with Gasteiger partial charge >= 0.3 is 0 Å². The minimum Gasteiger partial charge on any atom is -0.378 e. The van der Waals surface area contributed by atoms with Crippen molar-refractivity contribution in [2.24, 2.45) is 0 Å². The summed E-state index contributed by atoms with van der Waals surface area (Å²) in [5.41, 5.74) is 1.40. The van der Waals surface area contributed by atoms with Crippen LogP contribution in [0.2, 0.25) is 0 Å². The average molecular weight is 367 g/mol. The predicted molar refractivity (Wildman–Crippen MR) is 97.7 cm³/mol. The molecule has 0 bridgehead atoms. The van der Waals surface area contributed by atoms with Crippen molar-refractivity contribution < 1.29 is 18.6 Å². The zero-order valence-corrected chi connectivity index (χ0v) is 15.4. The van der Waals surface area contributed by atoms with Crippen LogP contribution in [-0.4, -0.2) is 68.4 Å². The summed E-state index contributed by atoms with van der Waals surface area (Å²) >= 11 is 0. The van der Waals surface area contributed by atoms with Crippen LogP contribution in [0.4, 0.5) is 0 Å². The van der Waals surface area contributed by atoms with Gasteiger partial charge in [-0.25, -0.2) is 0 Å². The van der Waals surface area contributed by atoms with Crippen LogP contribution in [0.15, 0.2) is 42.1 Å². The van der Waals surface area contributed by atoms with Gasteiger partial charge in [0.25, 0.3) is 5.91 Å². The van der Waals surface area contributed by atoms with Crippen LogP contribution < -0.4 is 0 Å². The van der Waals surface area contributed by atoms with Gasteiger partial charge in [0.2, 0.25) is 0 Å². The fourth-order valence-corrected chi connectivity index (χ4v) is 4.66. The lowest BCUT2D eigenvalue weighted by molar-refractivity contribution is -0.131. The highest BCUT2D eigenvalue weighted by Crippen LogP contribution is 2.55. The molecule has 1 unspecified atom stereocenters. The Kier molecular flexibility index (Phi) is 5.35. The fourth-order valence-electron chi connectivity index (χ4n) is 3.21. The molecule has 3 rings (SSSR count). The summed E-state index contributed by atoms with van der Waals surface area (Å²) in [6, 6.07) is 8.97. The predicted octanol–water partition coefficient (Wildman–Crippen LogP) is 2.32. The molecule has 1 aromatic rings. The van der Waals surface area contributed by atoms with Gasteiger partial charge in [-0.1, -0.05) is 41.3 Å². The summed E-state index contributed by atoms with van der Waals surface area (Å²) in [6.45, 7) is 4.37. The van der Waals surface area contributed by atoms with E-state index in [0.717, 1.165) is 5.56 Å². The molecular formula is C17H25N3O4S. The second-order valence-electron chi connectivity index (χ2n) is 6.07. The molecule has 0 aromatic heterocycles. The monoisotopic (exact) mass is 367 g/mol. The van der Waals surface area contributed by atoms with Crippen molar-refractivity contribution in [3.63, 3.8) is 0 Å². The van der Waals surface area contributed by atoms with E-state index in [1.54, 1.807) is 18.1 Å². The first-order valence-electron chi connectivity index (χ1n) is 8.38. The Balaban J connectivity index is 2.03. The Labute approximate surface area is 150 Å². The first-order chi connectivity index (χ1) is 12.0. The molecule has 2 aliphatic heterocycles. The number of benzene rings is 1. The summed E-state index contributed by atoms with van der Waals surface area (Å²) in [5.74, 6) is -0.0858. The van der Waals surface area contributed by atoms with Crippen LogP contribution >= 0.6 is 11.0 Å². The topological polar surface area (TPSA) is 76.5 Å². The average Bonchev–Trinajstić information content (AvgIpc) is 2.64. The van der Waals surface area contributed by atoms with Crippen molar-refractivity contribution in [3.05, 3.63) is 47.7 Å². The van der Waals surface area contributed by atoms with E-state index in [-0.39, 0.29) is 5.91 Å². The number of carbonyl (C=O) groups is 1. The van der Waals surface area contributed by atoms with E-state index < -0.39 is 17.0 Å². The smallest absolute Gasteiger partial charge is 0.253 e. The molecule has 1 aromatic carbocycles. The highest BCUT2D eigenvalue weighted by molar-refractivity contribution is 8.20. The largest absolute Gasteiger partial charge is 0.378 e. The van der Waals surface area contributed by atoms with Gasteiger partial charge in [-0.05, 0) is 12.5 Å². The first-order valence-corrected chi connectivity index (χ1v) is 9.84. The van der Waals surface area contributed by atoms with Crippen molar-refractivity contribution >= 4 is 16.9 Å². The maximum absolute atomic E-state index is 13.1. The van der Waals surface area contributed by atoms with Crippen molar-refractivity contribution in [1.29, 1.82) is 0 Å². The highest BCUT2D eigenvalue weighted by Gasteiger charge is 2.42. The maximum atomic E-state index is 13.1. The second-order valence-corrected chi connectivity index (χ2v) is 8.10.